The van der Waals surface area contributed by atoms with Gasteiger partial charge in [0.1, 0.15) is 0 Å². The Hall–Kier alpha value is -3.34. The van der Waals surface area contributed by atoms with Crippen molar-refractivity contribution in [2.75, 3.05) is 16.8 Å². The van der Waals surface area contributed by atoms with Crippen LogP contribution in [0, 0.1) is 0 Å². The third kappa shape index (κ3) is 5.50. The van der Waals surface area contributed by atoms with E-state index in [1.165, 1.54) is 11.1 Å². The summed E-state index contributed by atoms with van der Waals surface area (Å²) in [4.78, 5) is 20.1. The molecule has 0 saturated heterocycles. The molecule has 4 rings (SSSR count). The van der Waals surface area contributed by atoms with Gasteiger partial charge < -0.3 is 15.5 Å². The number of hydrogen-bond acceptors (Lipinski definition) is 3. The van der Waals surface area contributed by atoms with Crippen molar-refractivity contribution in [1.29, 1.82) is 0 Å². The Labute approximate surface area is 210 Å². The molecule has 0 unspecified atom stereocenters. The van der Waals surface area contributed by atoms with Gasteiger partial charge in [-0.25, -0.2) is 4.79 Å². The maximum absolute atomic E-state index is 13.3. The van der Waals surface area contributed by atoms with Gasteiger partial charge in [-0.05, 0) is 60.1 Å². The summed E-state index contributed by atoms with van der Waals surface area (Å²) in [5.74, 6) is 0.647. The minimum Gasteiger partial charge on any atom is -0.335 e. The molecule has 0 bridgehead atoms. The van der Waals surface area contributed by atoms with Crippen molar-refractivity contribution in [3.05, 3.63) is 84.2 Å². The van der Waals surface area contributed by atoms with Gasteiger partial charge in [0.25, 0.3) is 0 Å². The Morgan fingerprint density at radius 2 is 1.51 bits per heavy atom. The summed E-state index contributed by atoms with van der Waals surface area (Å²) in [6, 6.07) is 20.7. The number of aromatic nitrogens is 1. The number of nitrogens with one attached hydrogen (secondary N) is 2. The molecular formula is C30H38N4O. The molecule has 2 N–H and O–H groups in total. The first-order chi connectivity index (χ1) is 16.9. The predicted octanol–water partition coefficient (Wildman–Crippen LogP) is 7.60. The summed E-state index contributed by atoms with van der Waals surface area (Å²) < 4.78 is 0. The lowest BCUT2D eigenvalue weighted by Crippen LogP contribution is -2.53. The molecule has 0 aliphatic heterocycles. The van der Waals surface area contributed by atoms with Crippen LogP contribution in [0.4, 0.5) is 21.9 Å². The topological polar surface area (TPSA) is 57.3 Å². The van der Waals surface area contributed by atoms with Gasteiger partial charge in [0, 0.05) is 24.1 Å². The molecule has 2 aromatic carbocycles. The summed E-state index contributed by atoms with van der Waals surface area (Å²) >= 11 is 0. The minimum absolute atomic E-state index is 0.148. The summed E-state index contributed by atoms with van der Waals surface area (Å²) in [5.41, 5.74) is 5.25. The first-order valence-electron chi connectivity index (χ1n) is 12.8. The highest BCUT2D eigenvalue weighted by Gasteiger charge is 2.41. The highest BCUT2D eigenvalue weighted by atomic mass is 16.2. The Morgan fingerprint density at radius 3 is 2.09 bits per heavy atom. The number of amides is 2. The zero-order valence-corrected chi connectivity index (χ0v) is 21.4. The fraction of sp³-hybridized carbons (Fsp3) is 0.400. The molecule has 1 heterocycles. The van der Waals surface area contributed by atoms with E-state index in [4.69, 9.17) is 0 Å². The second kappa shape index (κ2) is 10.9. The molecule has 3 aromatic rings. The van der Waals surface area contributed by atoms with Crippen molar-refractivity contribution in [2.24, 2.45) is 0 Å². The summed E-state index contributed by atoms with van der Waals surface area (Å²) in [6.45, 7) is 9.23. The monoisotopic (exact) mass is 470 g/mol. The molecule has 2 amide bonds. The van der Waals surface area contributed by atoms with Crippen LogP contribution < -0.4 is 15.5 Å². The quantitative estimate of drug-likeness (QED) is 0.356. The number of para-hydroxylation sites is 2. The lowest BCUT2D eigenvalue weighted by atomic mass is 9.92. The molecular weight excluding hydrogens is 432 g/mol. The molecule has 184 valence electrons. The molecule has 1 fully saturated rings. The highest BCUT2D eigenvalue weighted by Crippen LogP contribution is 2.42. The van der Waals surface area contributed by atoms with Gasteiger partial charge in [0.05, 0.1) is 17.4 Å². The van der Waals surface area contributed by atoms with E-state index in [0.717, 1.165) is 42.7 Å². The van der Waals surface area contributed by atoms with Crippen molar-refractivity contribution in [1.82, 2.24) is 10.3 Å². The lowest BCUT2D eigenvalue weighted by molar-refractivity contribution is 0.248. The second-order valence-corrected chi connectivity index (χ2v) is 10.2. The maximum atomic E-state index is 13.3. The van der Waals surface area contributed by atoms with Crippen molar-refractivity contribution in [3.8, 4) is 0 Å². The third-order valence-corrected chi connectivity index (χ3v) is 7.12. The van der Waals surface area contributed by atoms with E-state index in [2.05, 4.69) is 96.7 Å². The number of pyridine rings is 1. The number of carbonyl (C=O) groups is 1. The SMILES string of the molecule is CC(C)c1cccc(C(C)C)c1NC(=O)NCC1(N(c2ccccc2)c2cccnc2)CCCC1. The molecule has 5 heteroatoms. The van der Waals surface area contributed by atoms with Crippen LogP contribution in [0.15, 0.2) is 73.1 Å². The van der Waals surface area contributed by atoms with E-state index < -0.39 is 0 Å². The average Bonchev–Trinajstić information content (AvgIpc) is 3.33. The van der Waals surface area contributed by atoms with Gasteiger partial charge in [-0.1, -0.05) is 76.9 Å². The van der Waals surface area contributed by atoms with Crippen LogP contribution in [0.3, 0.4) is 0 Å². The number of benzene rings is 2. The van der Waals surface area contributed by atoms with E-state index in [9.17, 15) is 4.79 Å². The van der Waals surface area contributed by atoms with Crippen molar-refractivity contribution in [3.63, 3.8) is 0 Å². The first kappa shape index (κ1) is 24.8. The lowest BCUT2D eigenvalue weighted by Gasteiger charge is -2.43. The minimum atomic E-state index is -0.208. The number of nitrogens with zero attached hydrogens (tertiary/aromatic N) is 2. The number of urea groups is 1. The van der Waals surface area contributed by atoms with Gasteiger partial charge in [-0.3, -0.25) is 4.98 Å². The molecule has 0 atom stereocenters. The van der Waals surface area contributed by atoms with E-state index in [1.54, 1.807) is 6.20 Å². The summed E-state index contributed by atoms with van der Waals surface area (Å²) in [7, 11) is 0. The zero-order valence-electron chi connectivity index (χ0n) is 21.4. The van der Waals surface area contributed by atoms with Crippen LogP contribution in [0.5, 0.6) is 0 Å². The second-order valence-electron chi connectivity index (χ2n) is 10.2. The van der Waals surface area contributed by atoms with Crippen LogP contribution in [0.25, 0.3) is 0 Å². The molecule has 1 aliphatic rings. The van der Waals surface area contributed by atoms with Crippen LogP contribution in [-0.4, -0.2) is 23.1 Å². The van der Waals surface area contributed by atoms with Crippen LogP contribution in [0.2, 0.25) is 0 Å². The predicted molar refractivity (Wildman–Crippen MR) is 146 cm³/mol. The number of hydrogen-bond donors (Lipinski definition) is 2. The molecule has 1 saturated carbocycles. The molecule has 0 radical (unpaired) electrons. The Morgan fingerprint density at radius 1 is 0.886 bits per heavy atom. The van der Waals surface area contributed by atoms with E-state index >= 15 is 0 Å². The Balaban J connectivity index is 1.60. The highest BCUT2D eigenvalue weighted by molar-refractivity contribution is 5.91. The van der Waals surface area contributed by atoms with Crippen molar-refractivity contribution in [2.45, 2.75) is 70.8 Å². The fourth-order valence-corrected chi connectivity index (χ4v) is 5.37. The van der Waals surface area contributed by atoms with Gasteiger partial charge in [-0.2, -0.15) is 0 Å². The average molecular weight is 471 g/mol. The van der Waals surface area contributed by atoms with Crippen molar-refractivity contribution >= 4 is 23.1 Å². The summed E-state index contributed by atoms with van der Waals surface area (Å²) in [6.07, 6.45) is 8.02. The molecule has 35 heavy (non-hydrogen) atoms. The van der Waals surface area contributed by atoms with Gasteiger partial charge in [-0.15, -0.1) is 0 Å². The van der Waals surface area contributed by atoms with E-state index in [0.29, 0.717) is 18.4 Å². The smallest absolute Gasteiger partial charge is 0.319 e. The van der Waals surface area contributed by atoms with E-state index in [-0.39, 0.29) is 11.6 Å². The largest absolute Gasteiger partial charge is 0.335 e. The first-order valence-corrected chi connectivity index (χ1v) is 12.8. The van der Waals surface area contributed by atoms with Crippen LogP contribution in [0.1, 0.15) is 76.3 Å². The Kier molecular flexibility index (Phi) is 7.74. The normalized spacial score (nSPS) is 14.8. The number of anilines is 3. The van der Waals surface area contributed by atoms with Crippen LogP contribution >= 0.6 is 0 Å². The molecule has 1 aromatic heterocycles. The molecule has 5 nitrogen and oxygen atoms in total. The Bertz CT molecular complexity index is 1040. The molecule has 0 spiro atoms. The fourth-order valence-electron chi connectivity index (χ4n) is 5.37. The van der Waals surface area contributed by atoms with E-state index in [1.807, 2.05) is 18.3 Å². The number of rotatable bonds is 8. The number of carbonyl (C=O) groups excluding carboxylic acids is 1. The maximum Gasteiger partial charge on any atom is 0.319 e. The van der Waals surface area contributed by atoms with Gasteiger partial charge in [0.15, 0.2) is 0 Å². The third-order valence-electron chi connectivity index (χ3n) is 7.12. The zero-order chi connectivity index (χ0) is 24.8. The van der Waals surface area contributed by atoms with Gasteiger partial charge in [0.2, 0.25) is 0 Å². The van der Waals surface area contributed by atoms with Gasteiger partial charge >= 0.3 is 6.03 Å². The summed E-state index contributed by atoms with van der Waals surface area (Å²) in [5, 5.41) is 6.47. The standard InChI is InChI=1S/C30H38N4O/c1-22(2)26-15-10-16-27(23(3)4)28(26)33-29(35)32-21-30(17-8-9-18-30)34(24-12-6-5-7-13-24)25-14-11-19-31-20-25/h5-7,10-16,19-20,22-23H,8-9,17-18,21H2,1-4H3,(H2,32,33,35). The van der Waals surface area contributed by atoms with Crippen LogP contribution in [-0.2, 0) is 0 Å². The molecule has 1 aliphatic carbocycles. The van der Waals surface area contributed by atoms with Crippen molar-refractivity contribution < 1.29 is 4.79 Å².